The zero-order valence-electron chi connectivity index (χ0n) is 8.84. The molecule has 0 amide bonds. The highest BCUT2D eigenvalue weighted by Gasteiger charge is 1.97. The molecule has 0 fully saturated rings. The average molecular weight is 251 g/mol. The van der Waals surface area contributed by atoms with Gasteiger partial charge in [-0.25, -0.2) is 0 Å². The minimum Gasteiger partial charge on any atom is -0.496 e. The first kappa shape index (κ1) is 12.8. The van der Waals surface area contributed by atoms with E-state index in [1.165, 1.54) is 0 Å². The van der Waals surface area contributed by atoms with Crippen LogP contribution in [0.1, 0.15) is 27.7 Å². The SMILES string of the molecule is CC(C)CO/C=C(/Br)OCC(C)C. The van der Waals surface area contributed by atoms with Crippen molar-refractivity contribution in [2.24, 2.45) is 11.8 Å². The van der Waals surface area contributed by atoms with Crippen LogP contribution < -0.4 is 0 Å². The summed E-state index contributed by atoms with van der Waals surface area (Å²) in [5.41, 5.74) is 0. The summed E-state index contributed by atoms with van der Waals surface area (Å²) in [4.78, 5) is 0. The highest BCUT2D eigenvalue weighted by atomic mass is 79.9. The molecule has 0 aromatic carbocycles. The maximum absolute atomic E-state index is 5.34. The zero-order chi connectivity index (χ0) is 10.3. The van der Waals surface area contributed by atoms with Gasteiger partial charge in [0.15, 0.2) is 4.67 Å². The van der Waals surface area contributed by atoms with E-state index in [4.69, 9.17) is 9.47 Å². The van der Waals surface area contributed by atoms with Crippen LogP contribution in [-0.2, 0) is 9.47 Å². The highest BCUT2D eigenvalue weighted by molar-refractivity contribution is 9.11. The molecule has 0 aliphatic heterocycles. The van der Waals surface area contributed by atoms with Gasteiger partial charge in [0, 0.05) is 0 Å². The lowest BCUT2D eigenvalue weighted by atomic mass is 10.2. The molecule has 3 heteroatoms. The smallest absolute Gasteiger partial charge is 0.196 e. The van der Waals surface area contributed by atoms with Crippen LogP contribution in [0.2, 0.25) is 0 Å². The Hall–Kier alpha value is -0.180. The van der Waals surface area contributed by atoms with Gasteiger partial charge in [-0.1, -0.05) is 27.7 Å². The fourth-order valence-corrected chi connectivity index (χ4v) is 0.851. The second-order valence-electron chi connectivity index (χ2n) is 3.85. The molecule has 0 spiro atoms. The summed E-state index contributed by atoms with van der Waals surface area (Å²) in [5, 5.41) is 0. The van der Waals surface area contributed by atoms with Crippen molar-refractivity contribution < 1.29 is 9.47 Å². The molecule has 78 valence electrons. The van der Waals surface area contributed by atoms with Gasteiger partial charge in [-0.2, -0.15) is 0 Å². The fourth-order valence-electron chi connectivity index (χ4n) is 0.586. The summed E-state index contributed by atoms with van der Waals surface area (Å²) in [6, 6.07) is 0. The van der Waals surface area contributed by atoms with Gasteiger partial charge in [0.25, 0.3) is 0 Å². The lowest BCUT2D eigenvalue weighted by molar-refractivity contribution is 0.166. The Morgan fingerprint density at radius 1 is 1.15 bits per heavy atom. The standard InChI is InChI=1S/C10H19BrO2/c1-8(2)5-12-7-10(11)13-6-9(3)4/h7-9H,5-6H2,1-4H3/b10-7-. The molecule has 0 aromatic heterocycles. The van der Waals surface area contributed by atoms with Crippen LogP contribution in [0.25, 0.3) is 0 Å². The topological polar surface area (TPSA) is 18.5 Å². The largest absolute Gasteiger partial charge is 0.496 e. The molecular weight excluding hydrogens is 232 g/mol. The summed E-state index contributed by atoms with van der Waals surface area (Å²) in [6.45, 7) is 9.86. The van der Waals surface area contributed by atoms with E-state index in [1.54, 1.807) is 6.26 Å². The molecule has 0 unspecified atom stereocenters. The molecular formula is C10H19BrO2. The van der Waals surface area contributed by atoms with Crippen molar-refractivity contribution in [3.63, 3.8) is 0 Å². The lowest BCUT2D eigenvalue weighted by Gasteiger charge is -2.08. The Balaban J connectivity index is 3.51. The third-order valence-corrected chi connectivity index (χ3v) is 1.58. The van der Waals surface area contributed by atoms with Gasteiger partial charge in [-0.05, 0) is 27.8 Å². The van der Waals surface area contributed by atoms with E-state index in [1.807, 2.05) is 0 Å². The number of hydrogen-bond acceptors (Lipinski definition) is 2. The minimum atomic E-state index is 0.533. The predicted molar refractivity (Wildman–Crippen MR) is 58.6 cm³/mol. The van der Waals surface area contributed by atoms with Crippen molar-refractivity contribution >= 4 is 15.9 Å². The molecule has 0 saturated heterocycles. The number of ether oxygens (including phenoxy) is 2. The molecule has 0 N–H and O–H groups in total. The van der Waals surface area contributed by atoms with Crippen molar-refractivity contribution in [2.75, 3.05) is 13.2 Å². The first-order valence-electron chi connectivity index (χ1n) is 4.62. The third kappa shape index (κ3) is 9.74. The van der Waals surface area contributed by atoms with Crippen LogP contribution >= 0.6 is 15.9 Å². The molecule has 0 aliphatic carbocycles. The molecule has 0 heterocycles. The van der Waals surface area contributed by atoms with E-state index in [-0.39, 0.29) is 0 Å². The molecule has 0 atom stereocenters. The van der Waals surface area contributed by atoms with E-state index in [9.17, 15) is 0 Å². The van der Waals surface area contributed by atoms with Crippen molar-refractivity contribution in [2.45, 2.75) is 27.7 Å². The number of hydrogen-bond donors (Lipinski definition) is 0. The maximum Gasteiger partial charge on any atom is 0.196 e. The van der Waals surface area contributed by atoms with E-state index >= 15 is 0 Å². The van der Waals surface area contributed by atoms with Crippen LogP contribution in [0, 0.1) is 11.8 Å². The van der Waals surface area contributed by atoms with E-state index in [0.717, 1.165) is 6.61 Å². The summed E-state index contributed by atoms with van der Waals surface area (Å²) >= 11 is 3.27. The van der Waals surface area contributed by atoms with E-state index in [0.29, 0.717) is 23.1 Å². The normalized spacial score (nSPS) is 12.4. The van der Waals surface area contributed by atoms with Crippen molar-refractivity contribution in [3.05, 3.63) is 10.9 Å². The van der Waals surface area contributed by atoms with Gasteiger partial charge in [-0.15, -0.1) is 0 Å². The number of halogens is 1. The molecule has 0 aliphatic rings. The molecule has 0 aromatic rings. The number of rotatable bonds is 6. The van der Waals surface area contributed by atoms with Gasteiger partial charge in [-0.3, -0.25) is 0 Å². The quantitative estimate of drug-likeness (QED) is 0.672. The van der Waals surface area contributed by atoms with Crippen molar-refractivity contribution in [3.8, 4) is 0 Å². The van der Waals surface area contributed by atoms with Crippen molar-refractivity contribution in [1.82, 2.24) is 0 Å². The summed E-state index contributed by atoms with van der Waals surface area (Å²) in [5.74, 6) is 1.08. The Morgan fingerprint density at radius 2 is 1.69 bits per heavy atom. The first-order valence-corrected chi connectivity index (χ1v) is 5.41. The monoisotopic (exact) mass is 250 g/mol. The van der Waals surface area contributed by atoms with Crippen LogP contribution in [-0.4, -0.2) is 13.2 Å². The van der Waals surface area contributed by atoms with Crippen molar-refractivity contribution in [1.29, 1.82) is 0 Å². The van der Waals surface area contributed by atoms with Gasteiger partial charge in [0.05, 0.1) is 13.2 Å². The minimum absolute atomic E-state index is 0.533. The first-order chi connectivity index (χ1) is 6.02. The molecule has 2 nitrogen and oxygen atoms in total. The van der Waals surface area contributed by atoms with Crippen LogP contribution in [0.4, 0.5) is 0 Å². The highest BCUT2D eigenvalue weighted by Crippen LogP contribution is 2.09. The molecule has 0 radical (unpaired) electrons. The second-order valence-corrected chi connectivity index (χ2v) is 4.64. The summed E-state index contributed by atoms with van der Waals surface area (Å²) in [7, 11) is 0. The van der Waals surface area contributed by atoms with E-state index in [2.05, 4.69) is 43.6 Å². The van der Waals surface area contributed by atoms with Crippen LogP contribution in [0.15, 0.2) is 10.9 Å². The van der Waals surface area contributed by atoms with E-state index < -0.39 is 0 Å². The molecule has 13 heavy (non-hydrogen) atoms. The fraction of sp³-hybridized carbons (Fsp3) is 0.800. The van der Waals surface area contributed by atoms with Crippen LogP contribution in [0.3, 0.4) is 0 Å². The Kier molecular flexibility index (Phi) is 7.14. The Bertz CT molecular complexity index is 153. The average Bonchev–Trinajstić information content (AvgIpc) is 2.00. The van der Waals surface area contributed by atoms with Gasteiger partial charge >= 0.3 is 0 Å². The van der Waals surface area contributed by atoms with Gasteiger partial charge < -0.3 is 9.47 Å². The second kappa shape index (κ2) is 7.25. The summed E-state index contributed by atoms with van der Waals surface area (Å²) in [6.07, 6.45) is 1.61. The Morgan fingerprint density at radius 3 is 2.15 bits per heavy atom. The third-order valence-electron chi connectivity index (χ3n) is 1.16. The van der Waals surface area contributed by atoms with Crippen LogP contribution in [0.5, 0.6) is 0 Å². The predicted octanol–water partition coefficient (Wildman–Crippen LogP) is 3.53. The Labute approximate surface area is 89.4 Å². The van der Waals surface area contributed by atoms with Gasteiger partial charge in [0.1, 0.15) is 6.26 Å². The lowest BCUT2D eigenvalue weighted by Crippen LogP contribution is -2.01. The molecule has 0 rings (SSSR count). The summed E-state index contributed by atoms with van der Waals surface area (Å²) < 4.78 is 11.3. The maximum atomic E-state index is 5.34. The zero-order valence-corrected chi connectivity index (χ0v) is 10.4. The molecule has 0 saturated carbocycles. The van der Waals surface area contributed by atoms with Gasteiger partial charge in [0.2, 0.25) is 0 Å². The molecule has 0 bridgehead atoms.